The molecule has 1 amide bonds. The Kier molecular flexibility index (Phi) is 5.92. The Morgan fingerprint density at radius 3 is 2.61 bits per heavy atom. The standard InChI is InChI=1S/C19H19ClFNO5S/c1-27-18-5-3-14(28(25,26)10-11-6-13(23)7-11)9-15(18)19(24)22-17-4-2-12(20)8-16(17)21/h2-5,8-9,11,13,23H,6-7,10H2,1H3,(H,22,24). The average molecular weight is 428 g/mol. The van der Waals surface area contributed by atoms with Gasteiger partial charge in [-0.05, 0) is 55.2 Å². The number of ether oxygens (including phenoxy) is 1. The molecule has 0 heterocycles. The van der Waals surface area contributed by atoms with E-state index in [0.717, 1.165) is 6.07 Å². The van der Waals surface area contributed by atoms with Crippen molar-refractivity contribution < 1.29 is 27.4 Å². The second-order valence-corrected chi connectivity index (χ2v) is 9.18. The second-order valence-electron chi connectivity index (χ2n) is 6.71. The van der Waals surface area contributed by atoms with E-state index in [1.807, 2.05) is 0 Å². The van der Waals surface area contributed by atoms with E-state index in [1.54, 1.807) is 0 Å². The zero-order valence-corrected chi connectivity index (χ0v) is 16.6. The van der Waals surface area contributed by atoms with E-state index in [1.165, 1.54) is 37.4 Å². The van der Waals surface area contributed by atoms with Gasteiger partial charge < -0.3 is 15.2 Å². The Morgan fingerprint density at radius 2 is 2.00 bits per heavy atom. The topological polar surface area (TPSA) is 92.7 Å². The lowest BCUT2D eigenvalue weighted by molar-refractivity contribution is 0.0526. The highest BCUT2D eigenvalue weighted by atomic mass is 35.5. The van der Waals surface area contributed by atoms with Crippen LogP contribution in [0.25, 0.3) is 0 Å². The van der Waals surface area contributed by atoms with Crippen molar-refractivity contribution in [1.29, 1.82) is 0 Å². The first kappa shape index (κ1) is 20.6. The molecule has 1 aliphatic carbocycles. The Bertz CT molecular complexity index is 1010. The number of anilines is 1. The van der Waals surface area contributed by atoms with Crippen LogP contribution in [0.5, 0.6) is 5.75 Å². The zero-order chi connectivity index (χ0) is 20.5. The minimum Gasteiger partial charge on any atom is -0.496 e. The fraction of sp³-hybridized carbons (Fsp3) is 0.316. The van der Waals surface area contributed by atoms with Gasteiger partial charge in [-0.15, -0.1) is 0 Å². The normalized spacial score (nSPS) is 19.0. The summed E-state index contributed by atoms with van der Waals surface area (Å²) >= 11 is 5.70. The molecular weight excluding hydrogens is 409 g/mol. The third-order valence-electron chi connectivity index (χ3n) is 4.62. The van der Waals surface area contributed by atoms with Crippen molar-refractivity contribution in [3.8, 4) is 5.75 Å². The molecule has 0 radical (unpaired) electrons. The predicted octanol–water partition coefficient (Wildman–Crippen LogP) is 3.28. The van der Waals surface area contributed by atoms with E-state index in [0.29, 0.717) is 12.8 Å². The third kappa shape index (κ3) is 4.45. The van der Waals surface area contributed by atoms with E-state index in [9.17, 15) is 22.7 Å². The summed E-state index contributed by atoms with van der Waals surface area (Å²) in [6.45, 7) is 0. The molecule has 0 saturated heterocycles. The van der Waals surface area contributed by atoms with Gasteiger partial charge in [-0.2, -0.15) is 0 Å². The summed E-state index contributed by atoms with van der Waals surface area (Å²) < 4.78 is 44.4. The number of sulfone groups is 1. The molecule has 0 bridgehead atoms. The van der Waals surface area contributed by atoms with Crippen LogP contribution >= 0.6 is 11.6 Å². The van der Waals surface area contributed by atoms with Crippen LogP contribution in [0, 0.1) is 11.7 Å². The summed E-state index contributed by atoms with van der Waals surface area (Å²) in [5.74, 6) is -1.49. The largest absolute Gasteiger partial charge is 0.496 e. The van der Waals surface area contributed by atoms with Gasteiger partial charge in [0, 0.05) is 5.02 Å². The van der Waals surface area contributed by atoms with Crippen LogP contribution in [0.4, 0.5) is 10.1 Å². The number of halogens is 2. The quantitative estimate of drug-likeness (QED) is 0.738. The number of rotatable bonds is 6. The lowest BCUT2D eigenvalue weighted by atomic mass is 9.84. The molecule has 1 fully saturated rings. The van der Waals surface area contributed by atoms with Crippen LogP contribution in [-0.4, -0.2) is 38.4 Å². The summed E-state index contributed by atoms with van der Waals surface area (Å²) in [5, 5.41) is 11.9. The van der Waals surface area contributed by atoms with Gasteiger partial charge >= 0.3 is 0 Å². The zero-order valence-electron chi connectivity index (χ0n) is 15.0. The van der Waals surface area contributed by atoms with Gasteiger partial charge in [0.25, 0.3) is 5.91 Å². The van der Waals surface area contributed by atoms with Crippen molar-refractivity contribution in [2.75, 3.05) is 18.2 Å². The molecule has 0 aliphatic heterocycles. The summed E-state index contributed by atoms with van der Waals surface area (Å²) in [6, 6.07) is 7.75. The molecule has 2 aromatic carbocycles. The smallest absolute Gasteiger partial charge is 0.259 e. The SMILES string of the molecule is COc1ccc(S(=O)(=O)CC2CC(O)C2)cc1C(=O)Nc1ccc(Cl)cc1F. The van der Waals surface area contributed by atoms with Gasteiger partial charge in [0.15, 0.2) is 9.84 Å². The molecule has 2 N–H and O–H groups in total. The van der Waals surface area contributed by atoms with E-state index in [2.05, 4.69) is 5.32 Å². The van der Waals surface area contributed by atoms with Crippen LogP contribution in [0.15, 0.2) is 41.3 Å². The number of carbonyl (C=O) groups excluding carboxylic acids is 1. The van der Waals surface area contributed by atoms with Gasteiger partial charge in [-0.3, -0.25) is 4.79 Å². The second kappa shape index (κ2) is 8.06. The number of amides is 1. The number of aliphatic hydroxyl groups excluding tert-OH is 1. The summed E-state index contributed by atoms with van der Waals surface area (Å²) in [6.07, 6.45) is 0.434. The minimum absolute atomic E-state index is 0.0311. The van der Waals surface area contributed by atoms with Crippen LogP contribution in [-0.2, 0) is 9.84 Å². The third-order valence-corrected chi connectivity index (χ3v) is 6.74. The Hall–Kier alpha value is -2.16. The molecule has 28 heavy (non-hydrogen) atoms. The monoisotopic (exact) mass is 427 g/mol. The fourth-order valence-corrected chi connectivity index (χ4v) is 4.90. The fourth-order valence-electron chi connectivity index (χ4n) is 3.08. The van der Waals surface area contributed by atoms with Crippen LogP contribution in [0.3, 0.4) is 0 Å². The Balaban J connectivity index is 1.87. The molecule has 1 saturated carbocycles. The van der Waals surface area contributed by atoms with Crippen molar-refractivity contribution in [3.63, 3.8) is 0 Å². The Morgan fingerprint density at radius 1 is 1.29 bits per heavy atom. The van der Waals surface area contributed by atoms with Gasteiger partial charge in [-0.1, -0.05) is 11.6 Å². The molecule has 6 nitrogen and oxygen atoms in total. The van der Waals surface area contributed by atoms with Gasteiger partial charge in [0.05, 0.1) is 35.1 Å². The molecule has 2 aromatic rings. The van der Waals surface area contributed by atoms with E-state index in [4.69, 9.17) is 16.3 Å². The highest BCUT2D eigenvalue weighted by molar-refractivity contribution is 7.91. The maximum Gasteiger partial charge on any atom is 0.259 e. The molecule has 150 valence electrons. The number of hydrogen-bond donors (Lipinski definition) is 2. The van der Waals surface area contributed by atoms with Crippen molar-refractivity contribution in [2.45, 2.75) is 23.8 Å². The maximum absolute atomic E-state index is 14.0. The van der Waals surface area contributed by atoms with E-state index < -0.39 is 27.7 Å². The first-order valence-electron chi connectivity index (χ1n) is 8.55. The molecule has 0 spiro atoms. The van der Waals surface area contributed by atoms with Gasteiger partial charge in [0.2, 0.25) is 0 Å². The summed E-state index contributed by atoms with van der Waals surface area (Å²) in [5.41, 5.74) is -0.125. The van der Waals surface area contributed by atoms with E-state index in [-0.39, 0.29) is 38.6 Å². The number of methoxy groups -OCH3 is 1. The molecule has 0 unspecified atom stereocenters. The number of hydrogen-bond acceptors (Lipinski definition) is 5. The first-order chi connectivity index (χ1) is 13.2. The van der Waals surface area contributed by atoms with Crippen molar-refractivity contribution in [3.05, 3.63) is 52.8 Å². The average Bonchev–Trinajstić information content (AvgIpc) is 2.62. The molecular formula is C19H19ClFNO5S. The number of benzene rings is 2. The van der Waals surface area contributed by atoms with Crippen LogP contribution < -0.4 is 10.1 Å². The highest BCUT2D eigenvalue weighted by Gasteiger charge is 2.32. The van der Waals surface area contributed by atoms with E-state index >= 15 is 0 Å². The van der Waals surface area contributed by atoms with Crippen molar-refractivity contribution in [1.82, 2.24) is 0 Å². The highest BCUT2D eigenvalue weighted by Crippen LogP contribution is 2.32. The lowest BCUT2D eigenvalue weighted by Crippen LogP contribution is -2.33. The first-order valence-corrected chi connectivity index (χ1v) is 10.6. The maximum atomic E-state index is 14.0. The van der Waals surface area contributed by atoms with Crippen molar-refractivity contribution in [2.24, 2.45) is 5.92 Å². The van der Waals surface area contributed by atoms with Crippen molar-refractivity contribution >= 4 is 33.0 Å². The van der Waals surface area contributed by atoms with Gasteiger partial charge in [0.1, 0.15) is 11.6 Å². The minimum atomic E-state index is -3.65. The van der Waals surface area contributed by atoms with Crippen LogP contribution in [0.2, 0.25) is 5.02 Å². The number of nitrogens with one attached hydrogen (secondary N) is 1. The number of carbonyl (C=O) groups is 1. The van der Waals surface area contributed by atoms with Gasteiger partial charge in [-0.25, -0.2) is 12.8 Å². The predicted molar refractivity (Wildman–Crippen MR) is 103 cm³/mol. The lowest BCUT2D eigenvalue weighted by Gasteiger charge is -2.30. The molecule has 1 aliphatic rings. The molecule has 0 aromatic heterocycles. The number of aliphatic hydroxyl groups is 1. The molecule has 9 heteroatoms. The summed E-state index contributed by atoms with van der Waals surface area (Å²) in [4.78, 5) is 12.6. The molecule has 0 atom stereocenters. The Labute approximate surface area is 167 Å². The van der Waals surface area contributed by atoms with Crippen LogP contribution in [0.1, 0.15) is 23.2 Å². The molecule has 3 rings (SSSR count). The summed E-state index contributed by atoms with van der Waals surface area (Å²) in [7, 11) is -2.30.